The SMILES string of the molecule is COc1cc(Nc2nccc(Oc3ccc(NC(=O)Nc4cc([Si](C)(C)C)nn4-c4ccc(C)cc4)c4ccccc34)n2)cc(C(=O)NCC(O)C(O)C(O)C(O)CO)c1. The summed E-state index contributed by atoms with van der Waals surface area (Å²) in [5.74, 6) is 0.992. The number of hydrogen-bond acceptors (Lipinski definition) is 13. The van der Waals surface area contributed by atoms with E-state index in [9.17, 15) is 30.0 Å². The molecule has 2 aromatic heterocycles. The molecule has 9 N–H and O–H groups in total. The van der Waals surface area contributed by atoms with Crippen LogP contribution in [0.25, 0.3) is 16.5 Å². The van der Waals surface area contributed by atoms with Gasteiger partial charge in [0.1, 0.15) is 43.7 Å². The molecule has 6 aromatic rings. The smallest absolute Gasteiger partial charge is 0.324 e. The molecule has 0 spiro atoms. The first-order chi connectivity index (χ1) is 28.6. The number of fused-ring (bicyclic) bond motifs is 1. The highest BCUT2D eigenvalue weighted by molar-refractivity contribution is 6.88. The number of anilines is 4. The van der Waals surface area contributed by atoms with Gasteiger partial charge in [-0.05, 0) is 49.4 Å². The minimum absolute atomic E-state index is 0.115. The van der Waals surface area contributed by atoms with Gasteiger partial charge in [0.15, 0.2) is 0 Å². The Morgan fingerprint density at radius 1 is 0.850 bits per heavy atom. The van der Waals surface area contributed by atoms with Crippen molar-refractivity contribution in [3.8, 4) is 23.1 Å². The molecule has 3 amide bonds. The Hall–Kier alpha value is -6.41. The standard InChI is InChI=1S/C42H48N8O9Si/c1-24-10-12-27(13-11-24)50-35(21-37(49-50)60(3,4)5)47-42(57)46-31-14-15-34(30-9-7-6-8-29(30)31)59-36-16-17-43-41(48-36)45-26-18-25(19-28(20-26)58-2)40(56)44-22-32(52)38(54)39(55)33(53)23-51/h6-21,32-33,38-39,51-55H,22-23H2,1-5H3,(H,44,56)(H,43,45,48)(H2,46,47,57). The van der Waals surface area contributed by atoms with Crippen molar-refractivity contribution < 1.29 is 44.6 Å². The first-order valence-electron chi connectivity index (χ1n) is 19.0. The molecule has 17 nitrogen and oxygen atoms in total. The van der Waals surface area contributed by atoms with Crippen LogP contribution in [0.5, 0.6) is 17.4 Å². The molecule has 6 rings (SSSR count). The molecule has 2 heterocycles. The number of aromatic nitrogens is 4. The Labute approximate surface area is 346 Å². The van der Waals surface area contributed by atoms with E-state index in [0.29, 0.717) is 34.1 Å². The highest BCUT2D eigenvalue weighted by atomic mass is 28.3. The number of aryl methyl sites for hydroxylation is 1. The van der Waals surface area contributed by atoms with E-state index < -0.39 is 57.6 Å². The van der Waals surface area contributed by atoms with Crippen molar-refractivity contribution in [1.82, 2.24) is 25.1 Å². The molecule has 0 aliphatic rings. The number of rotatable bonds is 16. The number of aliphatic hydroxyl groups excluding tert-OH is 5. The Balaban J connectivity index is 1.16. The van der Waals surface area contributed by atoms with Crippen LogP contribution >= 0.6 is 0 Å². The lowest BCUT2D eigenvalue weighted by Gasteiger charge is -2.25. The Kier molecular flexibility index (Phi) is 13.4. The van der Waals surface area contributed by atoms with Gasteiger partial charge >= 0.3 is 6.03 Å². The average molecular weight is 837 g/mol. The van der Waals surface area contributed by atoms with Crippen molar-refractivity contribution >= 4 is 59.2 Å². The number of carbonyl (C=O) groups excluding carboxylic acids is 2. The number of hydrogen-bond donors (Lipinski definition) is 9. The topological polar surface area (TPSA) is 245 Å². The number of amides is 3. The lowest BCUT2D eigenvalue weighted by atomic mass is 10.0. The van der Waals surface area contributed by atoms with Crippen molar-refractivity contribution in [2.24, 2.45) is 0 Å². The van der Waals surface area contributed by atoms with E-state index in [-0.39, 0.29) is 17.4 Å². The number of urea groups is 1. The van der Waals surface area contributed by atoms with Gasteiger partial charge < -0.3 is 51.0 Å². The van der Waals surface area contributed by atoms with E-state index in [1.54, 1.807) is 28.9 Å². The molecule has 4 aromatic carbocycles. The van der Waals surface area contributed by atoms with E-state index in [0.717, 1.165) is 22.0 Å². The van der Waals surface area contributed by atoms with Crippen LogP contribution in [0.1, 0.15) is 15.9 Å². The number of nitrogens with zero attached hydrogens (tertiary/aromatic N) is 4. The first kappa shape index (κ1) is 43.2. The fourth-order valence-electron chi connectivity index (χ4n) is 6.06. The highest BCUT2D eigenvalue weighted by Gasteiger charge is 2.30. The molecule has 314 valence electrons. The Morgan fingerprint density at radius 3 is 2.27 bits per heavy atom. The number of carbonyl (C=O) groups is 2. The van der Waals surface area contributed by atoms with Crippen molar-refractivity contribution in [2.45, 2.75) is 51.0 Å². The van der Waals surface area contributed by atoms with Crippen LogP contribution in [-0.2, 0) is 0 Å². The average Bonchev–Trinajstić information content (AvgIpc) is 3.67. The van der Waals surface area contributed by atoms with E-state index >= 15 is 0 Å². The van der Waals surface area contributed by atoms with Gasteiger partial charge in [-0.2, -0.15) is 10.1 Å². The zero-order valence-corrected chi connectivity index (χ0v) is 34.6. The van der Waals surface area contributed by atoms with Crippen LogP contribution in [0.2, 0.25) is 19.6 Å². The third kappa shape index (κ3) is 10.4. The van der Waals surface area contributed by atoms with Crippen LogP contribution in [-0.4, -0.2) is 110 Å². The second-order valence-corrected chi connectivity index (χ2v) is 20.1. The van der Waals surface area contributed by atoms with Crippen molar-refractivity contribution in [2.75, 3.05) is 36.2 Å². The van der Waals surface area contributed by atoms with E-state index in [1.165, 1.54) is 25.4 Å². The summed E-state index contributed by atoms with van der Waals surface area (Å²) in [5, 5.41) is 67.5. The van der Waals surface area contributed by atoms with Gasteiger partial charge in [0.2, 0.25) is 11.8 Å². The van der Waals surface area contributed by atoms with Crippen molar-refractivity contribution in [3.63, 3.8) is 0 Å². The molecule has 0 aliphatic heterocycles. The zero-order chi connectivity index (χ0) is 43.1. The van der Waals surface area contributed by atoms with E-state index in [4.69, 9.17) is 19.7 Å². The van der Waals surface area contributed by atoms with E-state index in [2.05, 4.69) is 50.9 Å². The fraction of sp³-hybridized carbons (Fsp3) is 0.262. The molecule has 0 fully saturated rings. The largest absolute Gasteiger partial charge is 0.497 e. The molecule has 0 saturated heterocycles. The van der Waals surface area contributed by atoms with Crippen LogP contribution < -0.4 is 36.1 Å². The summed E-state index contributed by atoms with van der Waals surface area (Å²) in [6.45, 7) is 7.30. The number of methoxy groups -OCH3 is 1. The summed E-state index contributed by atoms with van der Waals surface area (Å²) in [4.78, 5) is 35.3. The van der Waals surface area contributed by atoms with Gasteiger partial charge in [-0.25, -0.2) is 14.5 Å². The van der Waals surface area contributed by atoms with Crippen LogP contribution in [0, 0.1) is 6.92 Å². The molecule has 0 bridgehead atoms. The summed E-state index contributed by atoms with van der Waals surface area (Å²) in [7, 11) is -0.397. The first-order valence-corrected chi connectivity index (χ1v) is 22.5. The molecular formula is C42H48N8O9Si. The molecule has 0 aliphatic carbocycles. The quantitative estimate of drug-likeness (QED) is 0.0627. The fourth-order valence-corrected chi connectivity index (χ4v) is 7.03. The van der Waals surface area contributed by atoms with Gasteiger partial charge in [-0.3, -0.25) is 10.1 Å². The van der Waals surface area contributed by atoms with Crippen LogP contribution in [0.4, 0.5) is 27.9 Å². The summed E-state index contributed by atoms with van der Waals surface area (Å²) >= 11 is 0. The highest BCUT2D eigenvalue weighted by Crippen LogP contribution is 2.34. The van der Waals surface area contributed by atoms with Gasteiger partial charge in [0.05, 0.1) is 31.2 Å². The second kappa shape index (κ2) is 18.7. The summed E-state index contributed by atoms with van der Waals surface area (Å²) < 4.78 is 13.4. The maximum absolute atomic E-state index is 13.5. The lowest BCUT2D eigenvalue weighted by Crippen LogP contribution is -2.49. The van der Waals surface area contributed by atoms with Gasteiger partial charge in [-0.15, -0.1) is 0 Å². The predicted molar refractivity (Wildman–Crippen MR) is 230 cm³/mol. The maximum Gasteiger partial charge on any atom is 0.324 e. The maximum atomic E-state index is 13.5. The minimum Gasteiger partial charge on any atom is -0.497 e. The molecule has 4 unspecified atom stereocenters. The molecular weight excluding hydrogens is 789 g/mol. The lowest BCUT2D eigenvalue weighted by molar-refractivity contribution is -0.113. The van der Waals surface area contributed by atoms with Crippen LogP contribution in [0.15, 0.2) is 97.2 Å². The number of ether oxygens (including phenoxy) is 2. The predicted octanol–water partition coefficient (Wildman–Crippen LogP) is 4.02. The van der Waals surface area contributed by atoms with Crippen LogP contribution in [0.3, 0.4) is 0 Å². The molecule has 60 heavy (non-hydrogen) atoms. The monoisotopic (exact) mass is 836 g/mol. The molecule has 0 saturated carbocycles. The van der Waals surface area contributed by atoms with Crippen molar-refractivity contribution in [1.29, 1.82) is 0 Å². The van der Waals surface area contributed by atoms with E-state index in [1.807, 2.05) is 61.5 Å². The summed E-state index contributed by atoms with van der Waals surface area (Å²) in [6.07, 6.45) is -5.51. The number of aliphatic hydroxyl groups is 5. The number of nitrogens with one attached hydrogen (secondary N) is 4. The second-order valence-electron chi connectivity index (χ2n) is 15.1. The molecule has 0 radical (unpaired) electrons. The summed E-state index contributed by atoms with van der Waals surface area (Å²) in [5.41, 5.74) is 2.98. The minimum atomic E-state index is -1.84. The van der Waals surface area contributed by atoms with Gasteiger partial charge in [0, 0.05) is 52.2 Å². The zero-order valence-electron chi connectivity index (χ0n) is 33.6. The van der Waals surface area contributed by atoms with Crippen molar-refractivity contribution in [3.05, 3.63) is 108 Å². The Morgan fingerprint density at radius 2 is 1.57 bits per heavy atom. The molecule has 18 heteroatoms. The van der Waals surface area contributed by atoms with Gasteiger partial charge in [0.25, 0.3) is 5.91 Å². The Bertz CT molecular complexity index is 2460. The third-order valence-electron chi connectivity index (χ3n) is 9.43. The third-order valence-corrected chi connectivity index (χ3v) is 11.2. The van der Waals surface area contributed by atoms with Gasteiger partial charge in [-0.1, -0.05) is 61.6 Å². The molecule has 4 atom stereocenters. The summed E-state index contributed by atoms with van der Waals surface area (Å²) in [6, 6.07) is 26.5. The normalized spacial score (nSPS) is 13.5. The number of benzene rings is 4.